The van der Waals surface area contributed by atoms with Crippen LogP contribution in [0.2, 0.25) is 0 Å². The van der Waals surface area contributed by atoms with E-state index in [0.29, 0.717) is 19.6 Å². The molecule has 132 valence electrons. The molecule has 0 radical (unpaired) electrons. The van der Waals surface area contributed by atoms with Crippen LogP contribution < -0.4 is 14.8 Å². The molecule has 0 saturated heterocycles. The number of ether oxygens (including phenoxy) is 2. The van der Waals surface area contributed by atoms with Crippen molar-refractivity contribution in [2.45, 2.75) is 32.6 Å². The van der Waals surface area contributed by atoms with Crippen molar-refractivity contribution in [3.8, 4) is 22.6 Å². The second-order valence-corrected chi connectivity index (χ2v) is 6.18. The first kappa shape index (κ1) is 17.3. The molecular formula is C21H25NO3. The number of nitrogens with one attached hydrogen (secondary N) is 1. The SMILES string of the molecule is CCOc1ccc2c(c1)C(CCNC(=O)CC)c1cc(OC)ccc1-2. The number of benzene rings is 2. The average Bonchev–Trinajstić information content (AvgIpc) is 2.94. The minimum Gasteiger partial charge on any atom is -0.497 e. The Labute approximate surface area is 149 Å². The standard InChI is InChI=1S/C21H25NO3/c1-4-21(23)22-11-10-18-19-12-14(24-3)6-8-16(19)17-9-7-15(25-5-2)13-20(17)18/h6-9,12-13,18H,4-5,10-11H2,1-3H3,(H,22,23). The Morgan fingerprint density at radius 3 is 2.28 bits per heavy atom. The first-order valence-electron chi connectivity index (χ1n) is 8.89. The highest BCUT2D eigenvalue weighted by Crippen LogP contribution is 2.48. The monoisotopic (exact) mass is 339 g/mol. The van der Waals surface area contributed by atoms with Crippen molar-refractivity contribution in [2.75, 3.05) is 20.3 Å². The zero-order valence-electron chi connectivity index (χ0n) is 15.1. The van der Waals surface area contributed by atoms with Crippen molar-refractivity contribution in [1.29, 1.82) is 0 Å². The van der Waals surface area contributed by atoms with Gasteiger partial charge in [-0.3, -0.25) is 4.79 Å². The molecule has 3 rings (SSSR count). The fourth-order valence-corrected chi connectivity index (χ4v) is 3.49. The third kappa shape index (κ3) is 3.48. The van der Waals surface area contributed by atoms with Crippen LogP contribution in [-0.4, -0.2) is 26.2 Å². The molecule has 1 unspecified atom stereocenters. The van der Waals surface area contributed by atoms with Gasteiger partial charge in [0.05, 0.1) is 13.7 Å². The Bertz CT molecular complexity index is 770. The number of hydrogen-bond acceptors (Lipinski definition) is 3. The van der Waals surface area contributed by atoms with Gasteiger partial charge in [0.25, 0.3) is 0 Å². The Morgan fingerprint density at radius 2 is 1.68 bits per heavy atom. The van der Waals surface area contributed by atoms with Gasteiger partial charge in [0.2, 0.25) is 5.91 Å². The molecule has 0 bridgehead atoms. The first-order chi connectivity index (χ1) is 12.2. The molecule has 1 atom stereocenters. The summed E-state index contributed by atoms with van der Waals surface area (Å²) in [6, 6.07) is 12.5. The highest BCUT2D eigenvalue weighted by atomic mass is 16.5. The van der Waals surface area contributed by atoms with Gasteiger partial charge in [0, 0.05) is 18.9 Å². The van der Waals surface area contributed by atoms with Crippen LogP contribution in [0.25, 0.3) is 11.1 Å². The van der Waals surface area contributed by atoms with E-state index < -0.39 is 0 Å². The molecule has 0 aromatic heterocycles. The number of hydrogen-bond donors (Lipinski definition) is 1. The number of carbonyl (C=O) groups excluding carboxylic acids is 1. The van der Waals surface area contributed by atoms with Gasteiger partial charge >= 0.3 is 0 Å². The molecule has 4 nitrogen and oxygen atoms in total. The smallest absolute Gasteiger partial charge is 0.219 e. The van der Waals surface area contributed by atoms with E-state index in [1.807, 2.05) is 26.0 Å². The molecule has 2 aromatic rings. The predicted octanol–water partition coefficient (Wildman–Crippen LogP) is 4.12. The second kappa shape index (κ2) is 7.60. The Kier molecular flexibility index (Phi) is 5.27. The van der Waals surface area contributed by atoms with E-state index in [2.05, 4.69) is 29.6 Å². The van der Waals surface area contributed by atoms with Gasteiger partial charge in [0.1, 0.15) is 11.5 Å². The van der Waals surface area contributed by atoms with Crippen LogP contribution in [0.5, 0.6) is 11.5 Å². The van der Waals surface area contributed by atoms with E-state index in [9.17, 15) is 4.79 Å². The summed E-state index contributed by atoms with van der Waals surface area (Å²) in [5, 5.41) is 2.99. The third-order valence-electron chi connectivity index (χ3n) is 4.71. The number of rotatable bonds is 7. The molecule has 1 aliphatic carbocycles. The molecule has 0 fully saturated rings. The van der Waals surface area contributed by atoms with Gasteiger partial charge in [-0.2, -0.15) is 0 Å². The maximum absolute atomic E-state index is 11.6. The van der Waals surface area contributed by atoms with E-state index in [1.165, 1.54) is 22.3 Å². The predicted molar refractivity (Wildman–Crippen MR) is 99.4 cm³/mol. The second-order valence-electron chi connectivity index (χ2n) is 6.18. The fourth-order valence-electron chi connectivity index (χ4n) is 3.49. The zero-order valence-corrected chi connectivity index (χ0v) is 15.1. The van der Waals surface area contributed by atoms with Gasteiger partial charge < -0.3 is 14.8 Å². The summed E-state index contributed by atoms with van der Waals surface area (Å²) in [5.41, 5.74) is 5.01. The van der Waals surface area contributed by atoms with Crippen LogP contribution >= 0.6 is 0 Å². The van der Waals surface area contributed by atoms with Gasteiger partial charge in [-0.25, -0.2) is 0 Å². The lowest BCUT2D eigenvalue weighted by atomic mass is 9.93. The van der Waals surface area contributed by atoms with Crippen molar-refractivity contribution in [3.63, 3.8) is 0 Å². The van der Waals surface area contributed by atoms with Crippen molar-refractivity contribution < 1.29 is 14.3 Å². The van der Waals surface area contributed by atoms with Crippen molar-refractivity contribution in [2.24, 2.45) is 0 Å². The van der Waals surface area contributed by atoms with Crippen LogP contribution in [0.15, 0.2) is 36.4 Å². The molecule has 25 heavy (non-hydrogen) atoms. The summed E-state index contributed by atoms with van der Waals surface area (Å²) in [7, 11) is 1.69. The van der Waals surface area contributed by atoms with Gasteiger partial charge in [-0.05, 0) is 59.9 Å². The molecule has 1 N–H and O–H groups in total. The van der Waals surface area contributed by atoms with E-state index in [0.717, 1.165) is 17.9 Å². The number of methoxy groups -OCH3 is 1. The van der Waals surface area contributed by atoms with E-state index in [1.54, 1.807) is 7.11 Å². The topological polar surface area (TPSA) is 47.6 Å². The highest BCUT2D eigenvalue weighted by Gasteiger charge is 2.29. The Morgan fingerprint density at radius 1 is 1.04 bits per heavy atom. The Hall–Kier alpha value is -2.49. The lowest BCUT2D eigenvalue weighted by molar-refractivity contribution is -0.120. The molecule has 1 amide bonds. The molecule has 0 spiro atoms. The summed E-state index contributed by atoms with van der Waals surface area (Å²) in [6.07, 6.45) is 1.37. The van der Waals surface area contributed by atoms with Crippen LogP contribution in [0.3, 0.4) is 0 Å². The van der Waals surface area contributed by atoms with Crippen molar-refractivity contribution >= 4 is 5.91 Å². The minimum atomic E-state index is 0.0900. The molecular weight excluding hydrogens is 314 g/mol. The highest BCUT2D eigenvalue weighted by molar-refractivity contribution is 5.80. The first-order valence-corrected chi connectivity index (χ1v) is 8.89. The average molecular weight is 339 g/mol. The molecule has 0 aliphatic heterocycles. The van der Waals surface area contributed by atoms with Crippen LogP contribution in [0, 0.1) is 0 Å². The molecule has 0 saturated carbocycles. The van der Waals surface area contributed by atoms with Crippen LogP contribution in [0.1, 0.15) is 43.7 Å². The molecule has 0 heterocycles. The van der Waals surface area contributed by atoms with Crippen LogP contribution in [0.4, 0.5) is 0 Å². The maximum atomic E-state index is 11.6. The van der Waals surface area contributed by atoms with Crippen molar-refractivity contribution in [1.82, 2.24) is 5.32 Å². The Balaban J connectivity index is 1.94. The van der Waals surface area contributed by atoms with E-state index >= 15 is 0 Å². The van der Waals surface area contributed by atoms with Crippen molar-refractivity contribution in [3.05, 3.63) is 47.5 Å². The summed E-state index contributed by atoms with van der Waals surface area (Å²) in [5.74, 6) is 2.08. The minimum absolute atomic E-state index is 0.0900. The van der Waals surface area contributed by atoms with Crippen LogP contribution in [-0.2, 0) is 4.79 Å². The maximum Gasteiger partial charge on any atom is 0.219 e. The number of amides is 1. The number of fused-ring (bicyclic) bond motifs is 3. The summed E-state index contributed by atoms with van der Waals surface area (Å²) < 4.78 is 11.1. The van der Waals surface area contributed by atoms with E-state index in [4.69, 9.17) is 9.47 Å². The summed E-state index contributed by atoms with van der Waals surface area (Å²) >= 11 is 0. The van der Waals surface area contributed by atoms with Gasteiger partial charge in [-0.1, -0.05) is 19.1 Å². The quantitative estimate of drug-likeness (QED) is 0.825. The fraction of sp³-hybridized carbons (Fsp3) is 0.381. The summed E-state index contributed by atoms with van der Waals surface area (Å²) in [6.45, 7) is 5.17. The van der Waals surface area contributed by atoms with E-state index in [-0.39, 0.29) is 11.8 Å². The zero-order chi connectivity index (χ0) is 17.8. The lowest BCUT2D eigenvalue weighted by Gasteiger charge is -2.15. The summed E-state index contributed by atoms with van der Waals surface area (Å²) in [4.78, 5) is 11.6. The lowest BCUT2D eigenvalue weighted by Crippen LogP contribution is -2.24. The normalized spacial score (nSPS) is 14.6. The number of carbonyl (C=O) groups is 1. The van der Waals surface area contributed by atoms with Gasteiger partial charge in [-0.15, -0.1) is 0 Å². The largest absolute Gasteiger partial charge is 0.497 e. The molecule has 4 heteroatoms. The third-order valence-corrected chi connectivity index (χ3v) is 4.71. The molecule has 1 aliphatic rings. The van der Waals surface area contributed by atoms with Gasteiger partial charge in [0.15, 0.2) is 0 Å². The molecule has 2 aromatic carbocycles.